The summed E-state index contributed by atoms with van der Waals surface area (Å²) in [6, 6.07) is 4.02. The standard InChI is InChI=1S/C17H21ClN2O3/c1-12(21)8-14-9-15-4-7-20(6-3-5-18)17(15)16(10-14)11-19-23-13(2)22/h9-11H,3-8H2,1-2H3. The van der Waals surface area contributed by atoms with Crippen LogP contribution in [0.2, 0.25) is 0 Å². The van der Waals surface area contributed by atoms with Gasteiger partial charge in [0.25, 0.3) is 0 Å². The molecule has 0 bridgehead atoms. The number of hydrogen-bond acceptors (Lipinski definition) is 5. The molecule has 6 heteroatoms. The Balaban J connectivity index is 2.34. The summed E-state index contributed by atoms with van der Waals surface area (Å²) in [7, 11) is 0. The van der Waals surface area contributed by atoms with Gasteiger partial charge < -0.3 is 9.74 Å². The van der Waals surface area contributed by atoms with Crippen LogP contribution in [0.5, 0.6) is 0 Å². The fraction of sp³-hybridized carbons (Fsp3) is 0.471. The molecule has 0 aromatic heterocycles. The van der Waals surface area contributed by atoms with Gasteiger partial charge in [-0.25, -0.2) is 4.79 Å². The van der Waals surface area contributed by atoms with Crippen molar-refractivity contribution < 1.29 is 14.4 Å². The van der Waals surface area contributed by atoms with Crippen LogP contribution < -0.4 is 4.90 Å². The summed E-state index contributed by atoms with van der Waals surface area (Å²) in [5.74, 6) is 0.270. The van der Waals surface area contributed by atoms with Crippen molar-refractivity contribution in [2.75, 3.05) is 23.9 Å². The number of carbonyl (C=O) groups excluding carboxylic acids is 2. The highest BCUT2D eigenvalue weighted by Crippen LogP contribution is 2.33. The summed E-state index contributed by atoms with van der Waals surface area (Å²) in [5.41, 5.74) is 4.12. The van der Waals surface area contributed by atoms with Crippen molar-refractivity contribution in [3.63, 3.8) is 0 Å². The van der Waals surface area contributed by atoms with E-state index in [4.69, 9.17) is 11.6 Å². The number of nitrogens with zero attached hydrogens (tertiary/aromatic N) is 2. The monoisotopic (exact) mass is 336 g/mol. The lowest BCUT2D eigenvalue weighted by Crippen LogP contribution is -2.23. The maximum absolute atomic E-state index is 11.4. The molecule has 1 aromatic rings. The summed E-state index contributed by atoms with van der Waals surface area (Å²) in [6.07, 6.45) is 3.76. The SMILES string of the molecule is CC(=O)Cc1cc(C=NOC(C)=O)c2c(c1)CCN2CCCCl. The molecule has 1 aliphatic heterocycles. The summed E-state index contributed by atoms with van der Waals surface area (Å²) in [6.45, 7) is 4.68. The van der Waals surface area contributed by atoms with Crippen molar-refractivity contribution >= 4 is 35.3 Å². The van der Waals surface area contributed by atoms with Crippen LogP contribution in [0.1, 0.15) is 37.0 Å². The number of rotatable bonds is 7. The van der Waals surface area contributed by atoms with E-state index in [1.165, 1.54) is 12.5 Å². The molecule has 1 aliphatic rings. The molecular weight excluding hydrogens is 316 g/mol. The van der Waals surface area contributed by atoms with Gasteiger partial charge in [0.2, 0.25) is 0 Å². The van der Waals surface area contributed by atoms with Crippen LogP contribution in [0.3, 0.4) is 0 Å². The van der Waals surface area contributed by atoms with E-state index >= 15 is 0 Å². The molecule has 0 saturated heterocycles. The Hall–Kier alpha value is -1.88. The van der Waals surface area contributed by atoms with E-state index < -0.39 is 5.97 Å². The molecule has 0 spiro atoms. The number of hydrogen-bond donors (Lipinski definition) is 0. The zero-order valence-corrected chi connectivity index (χ0v) is 14.2. The summed E-state index contributed by atoms with van der Waals surface area (Å²) in [4.78, 5) is 29.2. The second-order valence-electron chi connectivity index (χ2n) is 5.67. The minimum atomic E-state index is -0.461. The molecule has 0 radical (unpaired) electrons. The second-order valence-corrected chi connectivity index (χ2v) is 6.05. The predicted octanol–water partition coefficient (Wildman–Crippen LogP) is 2.71. The van der Waals surface area contributed by atoms with Crippen molar-refractivity contribution in [2.24, 2.45) is 5.16 Å². The summed E-state index contributed by atoms with van der Waals surface area (Å²) < 4.78 is 0. The van der Waals surface area contributed by atoms with Gasteiger partial charge in [0.1, 0.15) is 5.78 Å². The zero-order valence-electron chi connectivity index (χ0n) is 13.5. The molecule has 0 N–H and O–H groups in total. The van der Waals surface area contributed by atoms with E-state index in [-0.39, 0.29) is 5.78 Å². The fourth-order valence-electron chi connectivity index (χ4n) is 2.85. The first kappa shape index (κ1) is 17.5. The molecular formula is C17H21ClN2O3. The van der Waals surface area contributed by atoms with Crippen molar-refractivity contribution in [1.29, 1.82) is 0 Å². The maximum atomic E-state index is 11.4. The first-order chi connectivity index (χ1) is 11.0. The number of Topliss-reactive ketones (excluding diaryl/α,β-unsaturated/α-hetero) is 1. The van der Waals surface area contributed by atoms with Gasteiger partial charge in [-0.15, -0.1) is 11.6 Å². The average Bonchev–Trinajstić information content (AvgIpc) is 2.87. The summed E-state index contributed by atoms with van der Waals surface area (Å²) >= 11 is 5.80. The van der Waals surface area contributed by atoms with E-state index in [9.17, 15) is 9.59 Å². The Morgan fingerprint density at radius 1 is 1.39 bits per heavy atom. The third-order valence-electron chi connectivity index (χ3n) is 3.63. The third-order valence-corrected chi connectivity index (χ3v) is 3.90. The van der Waals surface area contributed by atoms with Gasteiger partial charge in [0.05, 0.1) is 6.21 Å². The minimum absolute atomic E-state index is 0.116. The van der Waals surface area contributed by atoms with Gasteiger partial charge in [-0.1, -0.05) is 11.2 Å². The number of anilines is 1. The number of fused-ring (bicyclic) bond motifs is 1. The highest BCUT2D eigenvalue weighted by Gasteiger charge is 2.22. The molecule has 0 saturated carbocycles. The molecule has 1 heterocycles. The van der Waals surface area contributed by atoms with Crippen LogP contribution in [-0.2, 0) is 27.3 Å². The van der Waals surface area contributed by atoms with Crippen LogP contribution >= 0.6 is 11.6 Å². The fourth-order valence-corrected chi connectivity index (χ4v) is 2.97. The second kappa shape index (κ2) is 8.11. The van der Waals surface area contributed by atoms with Gasteiger partial charge in [-0.3, -0.25) is 4.79 Å². The van der Waals surface area contributed by atoms with Gasteiger partial charge in [0, 0.05) is 43.6 Å². The van der Waals surface area contributed by atoms with E-state index in [1.807, 2.05) is 6.07 Å². The first-order valence-electron chi connectivity index (χ1n) is 7.68. The number of halogens is 1. The predicted molar refractivity (Wildman–Crippen MR) is 91.4 cm³/mol. The quantitative estimate of drug-likeness (QED) is 0.332. The molecule has 23 heavy (non-hydrogen) atoms. The molecule has 124 valence electrons. The molecule has 0 unspecified atom stereocenters. The van der Waals surface area contributed by atoms with E-state index in [0.717, 1.165) is 42.7 Å². The Morgan fingerprint density at radius 2 is 2.17 bits per heavy atom. The smallest absolute Gasteiger partial charge is 0.331 e. The minimum Gasteiger partial charge on any atom is -0.370 e. The summed E-state index contributed by atoms with van der Waals surface area (Å²) in [5, 5.41) is 3.74. The highest BCUT2D eigenvalue weighted by molar-refractivity contribution is 6.17. The Kier molecular flexibility index (Phi) is 6.16. The molecule has 0 amide bonds. The van der Waals surface area contributed by atoms with Crippen molar-refractivity contribution in [2.45, 2.75) is 33.1 Å². The van der Waals surface area contributed by atoms with Crippen LogP contribution in [-0.4, -0.2) is 36.9 Å². The Morgan fingerprint density at radius 3 is 2.83 bits per heavy atom. The zero-order chi connectivity index (χ0) is 16.8. The van der Waals surface area contributed by atoms with Gasteiger partial charge in [0.15, 0.2) is 0 Å². The van der Waals surface area contributed by atoms with Crippen LogP contribution in [0.4, 0.5) is 5.69 Å². The van der Waals surface area contributed by atoms with Gasteiger partial charge in [-0.05, 0) is 37.0 Å². The average molecular weight is 337 g/mol. The maximum Gasteiger partial charge on any atom is 0.331 e. The molecule has 1 aromatic carbocycles. The lowest BCUT2D eigenvalue weighted by molar-refractivity contribution is -0.140. The molecule has 5 nitrogen and oxygen atoms in total. The molecule has 0 aliphatic carbocycles. The number of oxime groups is 1. The third kappa shape index (κ3) is 4.79. The highest BCUT2D eigenvalue weighted by atomic mass is 35.5. The topological polar surface area (TPSA) is 59.0 Å². The van der Waals surface area contributed by atoms with E-state index in [2.05, 4.69) is 21.0 Å². The lowest BCUT2D eigenvalue weighted by atomic mass is 10.00. The van der Waals surface area contributed by atoms with Crippen molar-refractivity contribution in [1.82, 2.24) is 0 Å². The first-order valence-corrected chi connectivity index (χ1v) is 8.22. The number of benzene rings is 1. The lowest BCUT2D eigenvalue weighted by Gasteiger charge is -2.21. The Bertz CT molecular complexity index is 629. The Labute approximate surface area is 141 Å². The van der Waals surface area contributed by atoms with Gasteiger partial charge in [-0.2, -0.15) is 0 Å². The number of carbonyl (C=O) groups is 2. The van der Waals surface area contributed by atoms with Crippen molar-refractivity contribution in [3.8, 4) is 0 Å². The molecule has 0 atom stereocenters. The number of ketones is 1. The van der Waals surface area contributed by atoms with Crippen LogP contribution in [0.25, 0.3) is 0 Å². The van der Waals surface area contributed by atoms with Crippen molar-refractivity contribution in [3.05, 3.63) is 28.8 Å². The van der Waals surface area contributed by atoms with Crippen LogP contribution in [0, 0.1) is 0 Å². The van der Waals surface area contributed by atoms with E-state index in [1.54, 1.807) is 13.1 Å². The number of alkyl halides is 1. The van der Waals surface area contributed by atoms with Crippen LogP contribution in [0.15, 0.2) is 17.3 Å². The van der Waals surface area contributed by atoms with Gasteiger partial charge >= 0.3 is 5.97 Å². The molecule has 0 fully saturated rings. The largest absolute Gasteiger partial charge is 0.370 e. The normalized spacial score (nSPS) is 13.4. The van der Waals surface area contributed by atoms with E-state index in [0.29, 0.717) is 12.3 Å². The molecule has 2 rings (SSSR count).